The standard InChI is InChI=1S/C12H25NOS/c1-10(2)9-15(14)12-8-6-4-5-7-11(12)13-3/h10-13H,4-9H2,1-3H3. The lowest BCUT2D eigenvalue weighted by Gasteiger charge is -2.24. The summed E-state index contributed by atoms with van der Waals surface area (Å²) in [4.78, 5) is 0. The third-order valence-electron chi connectivity index (χ3n) is 3.16. The van der Waals surface area contributed by atoms with Crippen molar-refractivity contribution in [2.24, 2.45) is 5.92 Å². The van der Waals surface area contributed by atoms with Gasteiger partial charge in [0.1, 0.15) is 0 Å². The highest BCUT2D eigenvalue weighted by molar-refractivity contribution is 7.85. The van der Waals surface area contributed by atoms with E-state index in [0.717, 1.165) is 12.2 Å². The molecule has 1 N–H and O–H groups in total. The Morgan fingerprint density at radius 3 is 2.53 bits per heavy atom. The molecule has 0 aromatic heterocycles. The van der Waals surface area contributed by atoms with Crippen LogP contribution < -0.4 is 5.32 Å². The van der Waals surface area contributed by atoms with E-state index in [9.17, 15) is 4.21 Å². The second kappa shape index (κ2) is 6.64. The normalized spacial score (nSPS) is 30.1. The van der Waals surface area contributed by atoms with Gasteiger partial charge in [-0.05, 0) is 25.8 Å². The van der Waals surface area contributed by atoms with Crippen LogP contribution in [0.15, 0.2) is 0 Å². The predicted octanol–water partition coefficient (Wildman–Crippen LogP) is 2.31. The summed E-state index contributed by atoms with van der Waals surface area (Å²) in [5.41, 5.74) is 0. The topological polar surface area (TPSA) is 29.1 Å². The Morgan fingerprint density at radius 2 is 1.93 bits per heavy atom. The zero-order chi connectivity index (χ0) is 11.3. The number of hydrogen-bond acceptors (Lipinski definition) is 2. The predicted molar refractivity (Wildman–Crippen MR) is 67.6 cm³/mol. The van der Waals surface area contributed by atoms with Gasteiger partial charge in [0.2, 0.25) is 0 Å². The highest BCUT2D eigenvalue weighted by atomic mass is 32.2. The molecule has 1 fully saturated rings. The molecule has 0 aliphatic heterocycles. The van der Waals surface area contributed by atoms with E-state index < -0.39 is 10.8 Å². The van der Waals surface area contributed by atoms with Crippen LogP contribution in [0.25, 0.3) is 0 Å². The van der Waals surface area contributed by atoms with Gasteiger partial charge in [-0.3, -0.25) is 4.21 Å². The molecule has 0 bridgehead atoms. The number of hydrogen-bond donors (Lipinski definition) is 1. The first-order valence-electron chi connectivity index (χ1n) is 6.19. The first kappa shape index (κ1) is 13.2. The molecule has 3 heteroatoms. The molecule has 0 saturated heterocycles. The van der Waals surface area contributed by atoms with E-state index in [-0.39, 0.29) is 0 Å². The van der Waals surface area contributed by atoms with Crippen LogP contribution in [0.5, 0.6) is 0 Å². The first-order valence-corrected chi connectivity index (χ1v) is 7.57. The van der Waals surface area contributed by atoms with Gasteiger partial charge in [-0.1, -0.05) is 33.1 Å². The molecule has 1 aliphatic carbocycles. The molecule has 0 heterocycles. The molecule has 1 saturated carbocycles. The van der Waals surface area contributed by atoms with Crippen LogP contribution in [-0.4, -0.2) is 28.3 Å². The lowest BCUT2D eigenvalue weighted by atomic mass is 10.1. The van der Waals surface area contributed by atoms with E-state index in [2.05, 4.69) is 19.2 Å². The maximum atomic E-state index is 12.2. The summed E-state index contributed by atoms with van der Waals surface area (Å²) in [5, 5.41) is 3.74. The van der Waals surface area contributed by atoms with Crippen molar-refractivity contribution in [2.75, 3.05) is 12.8 Å². The zero-order valence-electron chi connectivity index (χ0n) is 10.3. The van der Waals surface area contributed by atoms with Crippen molar-refractivity contribution in [3.63, 3.8) is 0 Å². The summed E-state index contributed by atoms with van der Waals surface area (Å²) >= 11 is 0. The maximum absolute atomic E-state index is 12.2. The Labute approximate surface area is 96.7 Å². The van der Waals surface area contributed by atoms with Gasteiger partial charge in [0.15, 0.2) is 0 Å². The lowest BCUT2D eigenvalue weighted by molar-refractivity contribution is 0.498. The van der Waals surface area contributed by atoms with E-state index in [1.54, 1.807) is 0 Å². The van der Waals surface area contributed by atoms with Gasteiger partial charge >= 0.3 is 0 Å². The van der Waals surface area contributed by atoms with Gasteiger partial charge in [0, 0.05) is 22.6 Å². The molecular weight excluding hydrogens is 206 g/mol. The SMILES string of the molecule is CNC1CCCCCC1S(=O)CC(C)C. The molecule has 15 heavy (non-hydrogen) atoms. The fourth-order valence-corrected chi connectivity index (χ4v) is 4.34. The maximum Gasteiger partial charge on any atom is 0.0501 e. The van der Waals surface area contributed by atoms with Gasteiger partial charge in [-0.25, -0.2) is 0 Å². The van der Waals surface area contributed by atoms with Crippen molar-refractivity contribution < 1.29 is 4.21 Å². The minimum Gasteiger partial charge on any atom is -0.316 e. The summed E-state index contributed by atoms with van der Waals surface area (Å²) in [6, 6.07) is 0.479. The molecule has 3 unspecified atom stereocenters. The van der Waals surface area contributed by atoms with E-state index in [4.69, 9.17) is 0 Å². The average Bonchev–Trinajstić information content (AvgIpc) is 2.40. The minimum atomic E-state index is -0.640. The Hall–Kier alpha value is 0.110. The molecule has 2 nitrogen and oxygen atoms in total. The fourth-order valence-electron chi connectivity index (χ4n) is 2.37. The van der Waals surface area contributed by atoms with Crippen molar-refractivity contribution in [2.45, 2.75) is 57.2 Å². The summed E-state index contributed by atoms with van der Waals surface area (Å²) in [5.74, 6) is 1.41. The van der Waals surface area contributed by atoms with E-state index >= 15 is 0 Å². The Morgan fingerprint density at radius 1 is 1.27 bits per heavy atom. The molecular formula is C12H25NOS. The Kier molecular flexibility index (Phi) is 5.83. The minimum absolute atomic E-state index is 0.389. The number of nitrogens with one attached hydrogen (secondary N) is 1. The van der Waals surface area contributed by atoms with E-state index in [1.165, 1.54) is 25.7 Å². The number of rotatable bonds is 4. The van der Waals surface area contributed by atoms with Crippen LogP contribution in [0.3, 0.4) is 0 Å². The summed E-state index contributed by atoms with van der Waals surface area (Å²) in [6.45, 7) is 4.31. The molecule has 0 aromatic carbocycles. The largest absolute Gasteiger partial charge is 0.316 e. The summed E-state index contributed by atoms with van der Waals surface area (Å²) < 4.78 is 12.2. The quantitative estimate of drug-likeness (QED) is 0.752. The molecule has 0 amide bonds. The summed E-state index contributed by atoms with van der Waals surface area (Å²) in [6.07, 6.45) is 6.21. The second-order valence-electron chi connectivity index (χ2n) is 5.01. The van der Waals surface area contributed by atoms with E-state index in [1.807, 2.05) is 7.05 Å². The van der Waals surface area contributed by atoms with Crippen molar-refractivity contribution >= 4 is 10.8 Å². The summed E-state index contributed by atoms with van der Waals surface area (Å²) in [7, 11) is 1.37. The average molecular weight is 231 g/mol. The highest BCUT2D eigenvalue weighted by Gasteiger charge is 2.27. The molecule has 90 valence electrons. The molecule has 3 atom stereocenters. The second-order valence-corrected chi connectivity index (χ2v) is 6.71. The van der Waals surface area contributed by atoms with Gasteiger partial charge in [-0.2, -0.15) is 0 Å². The van der Waals surface area contributed by atoms with Gasteiger partial charge in [-0.15, -0.1) is 0 Å². The van der Waals surface area contributed by atoms with Crippen LogP contribution in [0.2, 0.25) is 0 Å². The third-order valence-corrected chi connectivity index (χ3v) is 5.39. The Balaban J connectivity index is 2.57. The molecule has 1 aliphatic rings. The molecule has 1 rings (SSSR count). The van der Waals surface area contributed by atoms with Crippen LogP contribution in [0.1, 0.15) is 46.0 Å². The smallest absolute Gasteiger partial charge is 0.0501 e. The van der Waals surface area contributed by atoms with Crippen molar-refractivity contribution in [3.8, 4) is 0 Å². The molecule has 0 spiro atoms. The molecule has 0 radical (unpaired) electrons. The van der Waals surface area contributed by atoms with Crippen LogP contribution in [0.4, 0.5) is 0 Å². The van der Waals surface area contributed by atoms with Gasteiger partial charge < -0.3 is 5.32 Å². The van der Waals surface area contributed by atoms with Crippen LogP contribution in [-0.2, 0) is 10.8 Å². The van der Waals surface area contributed by atoms with Crippen molar-refractivity contribution in [3.05, 3.63) is 0 Å². The monoisotopic (exact) mass is 231 g/mol. The lowest BCUT2D eigenvalue weighted by Crippen LogP contribution is -2.40. The third kappa shape index (κ3) is 4.23. The van der Waals surface area contributed by atoms with Gasteiger partial charge in [0.25, 0.3) is 0 Å². The van der Waals surface area contributed by atoms with E-state index in [0.29, 0.717) is 17.2 Å². The van der Waals surface area contributed by atoms with Crippen LogP contribution >= 0.6 is 0 Å². The zero-order valence-corrected chi connectivity index (χ0v) is 11.1. The van der Waals surface area contributed by atoms with Crippen molar-refractivity contribution in [1.82, 2.24) is 5.32 Å². The first-order chi connectivity index (χ1) is 7.15. The van der Waals surface area contributed by atoms with Gasteiger partial charge in [0.05, 0.1) is 5.25 Å². The molecule has 0 aromatic rings. The highest BCUT2D eigenvalue weighted by Crippen LogP contribution is 2.22. The van der Waals surface area contributed by atoms with Crippen molar-refractivity contribution in [1.29, 1.82) is 0 Å². The fraction of sp³-hybridized carbons (Fsp3) is 1.00. The van der Waals surface area contributed by atoms with Crippen LogP contribution in [0, 0.1) is 5.92 Å². The Bertz CT molecular complexity index is 206.